The standard InChI is InChI=1S/C16H24O2/c1-2-15-9-11-16(12-10-15)18-14-8-6-4-3-5-7-13-17/h2,9-12,17H,1,3-8,13-14H2. The maximum atomic E-state index is 8.64. The fourth-order valence-electron chi connectivity index (χ4n) is 1.81. The van der Waals surface area contributed by atoms with E-state index in [4.69, 9.17) is 9.84 Å². The molecule has 0 aromatic heterocycles. The minimum Gasteiger partial charge on any atom is -0.494 e. The van der Waals surface area contributed by atoms with Gasteiger partial charge >= 0.3 is 0 Å². The summed E-state index contributed by atoms with van der Waals surface area (Å²) in [7, 11) is 0. The van der Waals surface area contributed by atoms with Gasteiger partial charge in [0.2, 0.25) is 0 Å². The first-order chi connectivity index (χ1) is 8.86. The van der Waals surface area contributed by atoms with Gasteiger partial charge in [0.15, 0.2) is 0 Å². The van der Waals surface area contributed by atoms with Gasteiger partial charge in [-0.1, -0.05) is 50.5 Å². The lowest BCUT2D eigenvalue weighted by molar-refractivity contribution is 0.280. The number of hydrogen-bond acceptors (Lipinski definition) is 2. The van der Waals surface area contributed by atoms with E-state index in [1.807, 2.05) is 30.3 Å². The summed E-state index contributed by atoms with van der Waals surface area (Å²) in [5.74, 6) is 0.931. The molecule has 1 aromatic rings. The highest BCUT2D eigenvalue weighted by Gasteiger charge is 1.94. The second kappa shape index (κ2) is 9.72. The summed E-state index contributed by atoms with van der Waals surface area (Å²) in [6.07, 6.45) is 8.66. The second-order valence-corrected chi connectivity index (χ2v) is 4.47. The number of benzene rings is 1. The molecule has 0 unspecified atom stereocenters. The highest BCUT2D eigenvalue weighted by Crippen LogP contribution is 2.13. The summed E-state index contributed by atoms with van der Waals surface area (Å²) in [6.45, 7) is 4.83. The molecule has 0 heterocycles. The Labute approximate surface area is 110 Å². The molecule has 0 fully saturated rings. The van der Waals surface area contributed by atoms with Crippen molar-refractivity contribution in [3.8, 4) is 5.75 Å². The number of unbranched alkanes of at least 4 members (excludes halogenated alkanes) is 5. The van der Waals surface area contributed by atoms with E-state index in [-0.39, 0.29) is 0 Å². The zero-order chi connectivity index (χ0) is 13.1. The van der Waals surface area contributed by atoms with Gasteiger partial charge in [-0.3, -0.25) is 0 Å². The van der Waals surface area contributed by atoms with Crippen LogP contribution >= 0.6 is 0 Å². The number of aliphatic hydroxyl groups excluding tert-OH is 1. The van der Waals surface area contributed by atoms with Gasteiger partial charge in [0.1, 0.15) is 5.75 Å². The van der Waals surface area contributed by atoms with Crippen LogP contribution in [0.3, 0.4) is 0 Å². The Morgan fingerprint density at radius 3 is 2.17 bits per heavy atom. The molecule has 0 spiro atoms. The van der Waals surface area contributed by atoms with Crippen molar-refractivity contribution in [1.82, 2.24) is 0 Å². The number of rotatable bonds is 10. The van der Waals surface area contributed by atoms with Crippen LogP contribution in [-0.2, 0) is 0 Å². The molecule has 18 heavy (non-hydrogen) atoms. The molecule has 0 aliphatic rings. The molecule has 1 N–H and O–H groups in total. The van der Waals surface area contributed by atoms with E-state index in [1.54, 1.807) is 0 Å². The average Bonchev–Trinajstić information content (AvgIpc) is 2.42. The van der Waals surface area contributed by atoms with E-state index in [9.17, 15) is 0 Å². The van der Waals surface area contributed by atoms with Gasteiger partial charge in [-0.05, 0) is 30.5 Å². The molecule has 1 rings (SSSR count). The van der Waals surface area contributed by atoms with E-state index < -0.39 is 0 Å². The van der Waals surface area contributed by atoms with Gasteiger partial charge in [-0.2, -0.15) is 0 Å². The Balaban J connectivity index is 2.01. The lowest BCUT2D eigenvalue weighted by Crippen LogP contribution is -1.97. The smallest absolute Gasteiger partial charge is 0.119 e. The minimum atomic E-state index is 0.323. The van der Waals surface area contributed by atoms with Gasteiger partial charge in [-0.25, -0.2) is 0 Å². The number of hydrogen-bond donors (Lipinski definition) is 1. The van der Waals surface area contributed by atoms with Crippen molar-refractivity contribution >= 4 is 6.08 Å². The average molecular weight is 248 g/mol. The van der Waals surface area contributed by atoms with Gasteiger partial charge in [0.05, 0.1) is 6.61 Å². The highest BCUT2D eigenvalue weighted by atomic mass is 16.5. The van der Waals surface area contributed by atoms with Crippen molar-refractivity contribution in [3.05, 3.63) is 36.4 Å². The predicted molar refractivity (Wildman–Crippen MR) is 76.8 cm³/mol. The van der Waals surface area contributed by atoms with Crippen LogP contribution < -0.4 is 4.74 Å². The number of ether oxygens (including phenoxy) is 1. The predicted octanol–water partition coefficient (Wildman–Crippen LogP) is 4.04. The third kappa shape index (κ3) is 6.45. The van der Waals surface area contributed by atoms with Crippen molar-refractivity contribution in [1.29, 1.82) is 0 Å². The molecule has 2 heteroatoms. The van der Waals surface area contributed by atoms with Crippen LogP contribution in [0.2, 0.25) is 0 Å². The van der Waals surface area contributed by atoms with E-state index in [0.29, 0.717) is 6.61 Å². The second-order valence-electron chi connectivity index (χ2n) is 4.47. The quantitative estimate of drug-likeness (QED) is 0.633. The molecule has 0 saturated carbocycles. The first-order valence-corrected chi connectivity index (χ1v) is 6.83. The van der Waals surface area contributed by atoms with Crippen LogP contribution in [0.4, 0.5) is 0 Å². The number of aliphatic hydroxyl groups is 1. The Hall–Kier alpha value is -1.28. The largest absolute Gasteiger partial charge is 0.494 e. The van der Waals surface area contributed by atoms with Crippen molar-refractivity contribution in [2.24, 2.45) is 0 Å². The van der Waals surface area contributed by atoms with Crippen LogP contribution in [0.25, 0.3) is 6.08 Å². The monoisotopic (exact) mass is 248 g/mol. The fraction of sp³-hybridized carbons (Fsp3) is 0.500. The first kappa shape index (κ1) is 14.8. The molecule has 0 bridgehead atoms. The van der Waals surface area contributed by atoms with Gasteiger partial charge in [0.25, 0.3) is 0 Å². The Bertz CT molecular complexity index is 316. The van der Waals surface area contributed by atoms with E-state index in [0.717, 1.165) is 37.2 Å². The van der Waals surface area contributed by atoms with Gasteiger partial charge in [-0.15, -0.1) is 0 Å². The fourth-order valence-corrected chi connectivity index (χ4v) is 1.81. The molecule has 0 saturated heterocycles. The zero-order valence-electron chi connectivity index (χ0n) is 11.1. The summed E-state index contributed by atoms with van der Waals surface area (Å²) >= 11 is 0. The lowest BCUT2D eigenvalue weighted by atomic mass is 10.1. The summed E-state index contributed by atoms with van der Waals surface area (Å²) < 4.78 is 5.66. The third-order valence-electron chi connectivity index (χ3n) is 2.94. The lowest BCUT2D eigenvalue weighted by Gasteiger charge is -2.06. The van der Waals surface area contributed by atoms with Crippen LogP contribution in [0.1, 0.15) is 44.1 Å². The van der Waals surface area contributed by atoms with E-state index >= 15 is 0 Å². The highest BCUT2D eigenvalue weighted by molar-refractivity contribution is 5.48. The van der Waals surface area contributed by atoms with Crippen molar-refractivity contribution in [2.45, 2.75) is 38.5 Å². The molecule has 0 amide bonds. The maximum absolute atomic E-state index is 8.64. The minimum absolute atomic E-state index is 0.323. The third-order valence-corrected chi connectivity index (χ3v) is 2.94. The molecule has 0 aliphatic heterocycles. The molecule has 100 valence electrons. The molecule has 2 nitrogen and oxygen atoms in total. The van der Waals surface area contributed by atoms with Gasteiger partial charge in [0, 0.05) is 6.61 Å². The SMILES string of the molecule is C=Cc1ccc(OCCCCCCCCO)cc1. The Morgan fingerprint density at radius 2 is 1.56 bits per heavy atom. The molecule has 0 radical (unpaired) electrons. The summed E-state index contributed by atoms with van der Waals surface area (Å²) in [5, 5.41) is 8.64. The maximum Gasteiger partial charge on any atom is 0.119 e. The zero-order valence-corrected chi connectivity index (χ0v) is 11.1. The van der Waals surface area contributed by atoms with E-state index in [2.05, 4.69) is 6.58 Å². The van der Waals surface area contributed by atoms with Crippen LogP contribution in [0.5, 0.6) is 5.75 Å². The van der Waals surface area contributed by atoms with Gasteiger partial charge < -0.3 is 9.84 Å². The first-order valence-electron chi connectivity index (χ1n) is 6.83. The Kier molecular flexibility index (Phi) is 7.98. The van der Waals surface area contributed by atoms with Crippen LogP contribution in [0, 0.1) is 0 Å². The normalized spacial score (nSPS) is 10.3. The summed E-state index contributed by atoms with van der Waals surface area (Å²) in [4.78, 5) is 0. The Morgan fingerprint density at radius 1 is 0.944 bits per heavy atom. The van der Waals surface area contributed by atoms with E-state index in [1.165, 1.54) is 19.3 Å². The molecule has 0 atom stereocenters. The summed E-state index contributed by atoms with van der Waals surface area (Å²) in [6, 6.07) is 7.99. The molecule has 1 aromatic carbocycles. The van der Waals surface area contributed by atoms with Crippen LogP contribution in [0.15, 0.2) is 30.8 Å². The summed E-state index contributed by atoms with van der Waals surface area (Å²) in [5.41, 5.74) is 1.12. The van der Waals surface area contributed by atoms with Crippen molar-refractivity contribution in [3.63, 3.8) is 0 Å². The molecular weight excluding hydrogens is 224 g/mol. The van der Waals surface area contributed by atoms with Crippen molar-refractivity contribution < 1.29 is 9.84 Å². The van der Waals surface area contributed by atoms with Crippen molar-refractivity contribution in [2.75, 3.05) is 13.2 Å². The van der Waals surface area contributed by atoms with Crippen LogP contribution in [-0.4, -0.2) is 18.3 Å². The molecular formula is C16H24O2. The topological polar surface area (TPSA) is 29.5 Å². The molecule has 0 aliphatic carbocycles.